The molecular formula is C14H17Cl2NO4. The minimum Gasteiger partial charge on any atom is -0.491 e. The Balaban J connectivity index is 2.44. The Bertz CT molecular complexity index is 520. The number of carboxylic acids is 1. The molecule has 0 bridgehead atoms. The fourth-order valence-corrected chi connectivity index (χ4v) is 2.07. The van der Waals surface area contributed by atoms with Crippen LogP contribution in [0.4, 0.5) is 0 Å². The third kappa shape index (κ3) is 5.81. The molecule has 21 heavy (non-hydrogen) atoms. The van der Waals surface area contributed by atoms with Crippen molar-refractivity contribution in [2.75, 3.05) is 6.61 Å². The Hall–Kier alpha value is -1.46. The van der Waals surface area contributed by atoms with Gasteiger partial charge in [0.05, 0.1) is 18.1 Å². The van der Waals surface area contributed by atoms with E-state index in [1.54, 1.807) is 26.0 Å². The van der Waals surface area contributed by atoms with E-state index in [9.17, 15) is 9.59 Å². The predicted octanol–water partition coefficient (Wildman–Crippen LogP) is 2.99. The zero-order chi connectivity index (χ0) is 16.0. The lowest BCUT2D eigenvalue weighted by molar-refractivity contribution is -0.143. The molecule has 0 heterocycles. The van der Waals surface area contributed by atoms with E-state index in [2.05, 4.69) is 5.32 Å². The molecule has 0 aromatic heterocycles. The zero-order valence-corrected chi connectivity index (χ0v) is 13.2. The number of hydrogen-bond donors (Lipinski definition) is 2. The van der Waals surface area contributed by atoms with Gasteiger partial charge in [-0.25, -0.2) is 4.79 Å². The first-order valence-corrected chi connectivity index (χ1v) is 7.17. The summed E-state index contributed by atoms with van der Waals surface area (Å²) in [6.07, 6.45) is 0.0372. The van der Waals surface area contributed by atoms with Crippen LogP contribution in [0, 0.1) is 5.92 Å². The van der Waals surface area contributed by atoms with Gasteiger partial charge < -0.3 is 15.2 Å². The van der Waals surface area contributed by atoms with Crippen LogP contribution in [-0.4, -0.2) is 29.6 Å². The van der Waals surface area contributed by atoms with Gasteiger partial charge in [0.2, 0.25) is 5.91 Å². The van der Waals surface area contributed by atoms with E-state index < -0.39 is 12.0 Å². The van der Waals surface area contributed by atoms with Crippen molar-refractivity contribution in [3.05, 3.63) is 28.2 Å². The zero-order valence-electron chi connectivity index (χ0n) is 11.7. The van der Waals surface area contributed by atoms with E-state index in [4.69, 9.17) is 33.0 Å². The number of carboxylic acid groups (broad SMARTS) is 1. The largest absolute Gasteiger partial charge is 0.491 e. The lowest BCUT2D eigenvalue weighted by atomic mass is 10.0. The molecule has 0 fully saturated rings. The minimum atomic E-state index is -1.06. The molecule has 0 aliphatic rings. The quantitative estimate of drug-likeness (QED) is 0.804. The van der Waals surface area contributed by atoms with Crippen molar-refractivity contribution in [3.63, 3.8) is 0 Å². The highest BCUT2D eigenvalue weighted by molar-refractivity contribution is 6.35. The van der Waals surface area contributed by atoms with Gasteiger partial charge >= 0.3 is 5.97 Å². The normalized spacial score (nSPS) is 12.0. The smallest absolute Gasteiger partial charge is 0.326 e. The van der Waals surface area contributed by atoms with E-state index in [1.165, 1.54) is 6.07 Å². The number of rotatable bonds is 7. The van der Waals surface area contributed by atoms with Gasteiger partial charge in [-0.05, 0) is 24.1 Å². The summed E-state index contributed by atoms with van der Waals surface area (Å²) < 4.78 is 5.37. The molecule has 7 heteroatoms. The molecule has 1 aromatic carbocycles. The van der Waals surface area contributed by atoms with E-state index >= 15 is 0 Å². The fraction of sp³-hybridized carbons (Fsp3) is 0.429. The average Bonchev–Trinajstić information content (AvgIpc) is 2.37. The molecule has 0 aliphatic carbocycles. The number of nitrogens with one attached hydrogen (secondary N) is 1. The van der Waals surface area contributed by atoms with Crippen LogP contribution < -0.4 is 10.1 Å². The maximum absolute atomic E-state index is 11.7. The summed E-state index contributed by atoms with van der Waals surface area (Å²) >= 11 is 11.7. The summed E-state index contributed by atoms with van der Waals surface area (Å²) in [6.45, 7) is 3.55. The van der Waals surface area contributed by atoms with E-state index in [-0.39, 0.29) is 24.9 Å². The van der Waals surface area contributed by atoms with Gasteiger partial charge in [0, 0.05) is 5.02 Å². The molecule has 1 aromatic rings. The number of ether oxygens (including phenoxy) is 1. The molecule has 0 aliphatic heterocycles. The number of amides is 1. The summed E-state index contributed by atoms with van der Waals surface area (Å²) in [4.78, 5) is 22.7. The van der Waals surface area contributed by atoms with Crippen molar-refractivity contribution in [3.8, 4) is 5.75 Å². The van der Waals surface area contributed by atoms with Crippen LogP contribution in [0.5, 0.6) is 5.75 Å². The standard InChI is InChI=1S/C14H17Cl2NO4/c1-8(2)13(14(19)20)17-12(18)5-6-21-11-4-3-9(15)7-10(11)16/h3-4,7-8,13H,5-6H2,1-2H3,(H,17,18)(H,19,20)/t13-/m1/s1. The predicted molar refractivity (Wildman–Crippen MR) is 81.0 cm³/mol. The van der Waals surface area contributed by atoms with Gasteiger partial charge in [0.15, 0.2) is 0 Å². The first-order valence-electron chi connectivity index (χ1n) is 6.41. The van der Waals surface area contributed by atoms with Crippen molar-refractivity contribution in [1.29, 1.82) is 0 Å². The summed E-state index contributed by atoms with van der Waals surface area (Å²) in [5, 5.41) is 12.3. The minimum absolute atomic E-state index is 0.0372. The molecule has 0 unspecified atom stereocenters. The van der Waals surface area contributed by atoms with Crippen LogP contribution in [0.2, 0.25) is 10.0 Å². The Morgan fingerprint density at radius 3 is 2.52 bits per heavy atom. The highest BCUT2D eigenvalue weighted by Crippen LogP contribution is 2.27. The number of carbonyl (C=O) groups is 2. The molecule has 0 saturated carbocycles. The molecule has 1 rings (SSSR count). The third-order valence-corrected chi connectivity index (χ3v) is 3.26. The first kappa shape index (κ1) is 17.6. The van der Waals surface area contributed by atoms with Crippen LogP contribution in [0.25, 0.3) is 0 Å². The van der Waals surface area contributed by atoms with E-state index in [0.29, 0.717) is 15.8 Å². The molecular weight excluding hydrogens is 317 g/mol. The lowest BCUT2D eigenvalue weighted by Crippen LogP contribution is -2.44. The second kappa shape index (κ2) is 8.10. The number of carbonyl (C=O) groups excluding carboxylic acids is 1. The van der Waals surface area contributed by atoms with Crippen LogP contribution in [-0.2, 0) is 9.59 Å². The maximum atomic E-state index is 11.7. The van der Waals surface area contributed by atoms with Gasteiger partial charge in [-0.15, -0.1) is 0 Å². The number of aliphatic carboxylic acids is 1. The van der Waals surface area contributed by atoms with Gasteiger partial charge in [-0.2, -0.15) is 0 Å². The molecule has 5 nitrogen and oxygen atoms in total. The summed E-state index contributed by atoms with van der Waals surface area (Å²) in [5.74, 6) is -1.22. The van der Waals surface area contributed by atoms with Crippen LogP contribution >= 0.6 is 23.2 Å². The summed E-state index contributed by atoms with van der Waals surface area (Å²) in [5.41, 5.74) is 0. The molecule has 2 N–H and O–H groups in total. The average molecular weight is 334 g/mol. The number of benzene rings is 1. The first-order chi connectivity index (χ1) is 9.81. The topological polar surface area (TPSA) is 75.6 Å². The number of hydrogen-bond acceptors (Lipinski definition) is 3. The SMILES string of the molecule is CC(C)[C@@H](NC(=O)CCOc1ccc(Cl)cc1Cl)C(=O)O. The highest BCUT2D eigenvalue weighted by atomic mass is 35.5. The van der Waals surface area contributed by atoms with Gasteiger partial charge in [0.1, 0.15) is 11.8 Å². The maximum Gasteiger partial charge on any atom is 0.326 e. The summed E-state index contributed by atoms with van der Waals surface area (Å²) in [7, 11) is 0. The van der Waals surface area contributed by atoms with Gasteiger partial charge in [-0.3, -0.25) is 4.79 Å². The Morgan fingerprint density at radius 1 is 1.33 bits per heavy atom. The fourth-order valence-electron chi connectivity index (χ4n) is 1.61. The summed E-state index contributed by atoms with van der Waals surface area (Å²) in [6, 6.07) is 3.87. The third-order valence-electron chi connectivity index (χ3n) is 2.73. The van der Waals surface area contributed by atoms with Gasteiger partial charge in [-0.1, -0.05) is 37.0 Å². The molecule has 0 saturated heterocycles. The second-order valence-corrected chi connectivity index (χ2v) is 5.64. The molecule has 1 atom stereocenters. The van der Waals surface area contributed by atoms with Crippen LogP contribution in [0.3, 0.4) is 0 Å². The van der Waals surface area contributed by atoms with E-state index in [0.717, 1.165) is 0 Å². The molecule has 116 valence electrons. The molecule has 1 amide bonds. The lowest BCUT2D eigenvalue weighted by Gasteiger charge is -2.18. The van der Waals surface area contributed by atoms with Gasteiger partial charge in [0.25, 0.3) is 0 Å². The van der Waals surface area contributed by atoms with Crippen molar-refractivity contribution < 1.29 is 19.4 Å². The van der Waals surface area contributed by atoms with Crippen molar-refractivity contribution in [2.45, 2.75) is 26.3 Å². The monoisotopic (exact) mass is 333 g/mol. The van der Waals surface area contributed by atoms with E-state index in [1.807, 2.05) is 0 Å². The van der Waals surface area contributed by atoms with Crippen molar-refractivity contribution in [2.24, 2.45) is 5.92 Å². The van der Waals surface area contributed by atoms with Crippen LogP contribution in [0.15, 0.2) is 18.2 Å². The Labute approximate surface area is 133 Å². The molecule has 0 radical (unpaired) electrons. The van der Waals surface area contributed by atoms with Crippen LogP contribution in [0.1, 0.15) is 20.3 Å². The highest BCUT2D eigenvalue weighted by Gasteiger charge is 2.23. The Kier molecular flexibility index (Phi) is 6.78. The van der Waals surface area contributed by atoms with Crippen molar-refractivity contribution >= 4 is 35.1 Å². The number of halogens is 2. The molecule has 0 spiro atoms. The Morgan fingerprint density at radius 2 is 2.00 bits per heavy atom. The second-order valence-electron chi connectivity index (χ2n) is 4.80. The van der Waals surface area contributed by atoms with Crippen molar-refractivity contribution in [1.82, 2.24) is 5.32 Å².